The zero-order valence-corrected chi connectivity index (χ0v) is 11.2. The highest BCUT2D eigenvalue weighted by molar-refractivity contribution is 6.33. The Labute approximate surface area is 113 Å². The lowest BCUT2D eigenvalue weighted by molar-refractivity contribution is 0.320. The lowest BCUT2D eigenvalue weighted by atomic mass is 9.84. The molecule has 0 aliphatic heterocycles. The molecule has 100 valence electrons. The molecule has 1 aliphatic carbocycles. The highest BCUT2D eigenvalue weighted by atomic mass is 35.5. The third kappa shape index (κ3) is 3.36. The minimum absolute atomic E-state index is 0.185. The molecule has 1 unspecified atom stereocenters. The number of nitrogens with two attached hydrogens (primary N) is 1. The van der Waals surface area contributed by atoms with Gasteiger partial charge in [0.25, 0.3) is 0 Å². The van der Waals surface area contributed by atoms with E-state index in [0.29, 0.717) is 23.2 Å². The molecule has 3 N–H and O–H groups in total. The van der Waals surface area contributed by atoms with E-state index < -0.39 is 0 Å². The average molecular weight is 271 g/mol. The zero-order valence-electron chi connectivity index (χ0n) is 10.5. The summed E-state index contributed by atoms with van der Waals surface area (Å²) < 4.78 is 13.2. The summed E-state index contributed by atoms with van der Waals surface area (Å²) in [5.41, 5.74) is 6.49. The Hall–Kier alpha value is -0.800. The molecule has 0 spiro atoms. The van der Waals surface area contributed by atoms with E-state index >= 15 is 0 Å². The van der Waals surface area contributed by atoms with Gasteiger partial charge in [0.2, 0.25) is 0 Å². The molecule has 0 radical (unpaired) electrons. The lowest BCUT2D eigenvalue weighted by Gasteiger charge is -2.31. The van der Waals surface area contributed by atoms with Crippen molar-refractivity contribution in [2.24, 2.45) is 11.7 Å². The summed E-state index contributed by atoms with van der Waals surface area (Å²) in [6.45, 7) is 0.553. The van der Waals surface area contributed by atoms with Crippen LogP contribution in [0.3, 0.4) is 0 Å². The maximum Gasteiger partial charge on any atom is 0.125 e. The van der Waals surface area contributed by atoms with Crippen molar-refractivity contribution in [3.63, 3.8) is 0 Å². The van der Waals surface area contributed by atoms with E-state index in [0.717, 1.165) is 0 Å². The van der Waals surface area contributed by atoms with Crippen molar-refractivity contribution in [1.29, 1.82) is 0 Å². The van der Waals surface area contributed by atoms with Gasteiger partial charge in [-0.25, -0.2) is 4.39 Å². The number of nitrogens with one attached hydrogen (secondary N) is 1. The van der Waals surface area contributed by atoms with Crippen LogP contribution in [0.4, 0.5) is 10.1 Å². The van der Waals surface area contributed by atoms with Gasteiger partial charge >= 0.3 is 0 Å². The summed E-state index contributed by atoms with van der Waals surface area (Å²) in [7, 11) is 0. The standard InChI is InChI=1S/C14H20ClFN2/c15-12-7-6-11(16)8-13(12)18-14(9-17)10-4-2-1-3-5-10/h6-8,10,14,18H,1-5,9,17H2. The first-order valence-electron chi connectivity index (χ1n) is 6.62. The van der Waals surface area contributed by atoms with E-state index in [-0.39, 0.29) is 11.9 Å². The summed E-state index contributed by atoms with van der Waals surface area (Å²) in [4.78, 5) is 0. The Kier molecular flexibility index (Phi) is 4.84. The largest absolute Gasteiger partial charge is 0.379 e. The van der Waals surface area contributed by atoms with Gasteiger partial charge in [0.1, 0.15) is 5.82 Å². The third-order valence-electron chi connectivity index (χ3n) is 3.74. The van der Waals surface area contributed by atoms with E-state index in [1.54, 1.807) is 6.07 Å². The third-order valence-corrected chi connectivity index (χ3v) is 4.07. The SMILES string of the molecule is NCC(Nc1cc(F)ccc1Cl)C1CCCCC1. The molecule has 1 atom stereocenters. The molecule has 1 aromatic carbocycles. The van der Waals surface area contributed by atoms with Crippen LogP contribution in [0.5, 0.6) is 0 Å². The topological polar surface area (TPSA) is 38.0 Å². The van der Waals surface area contributed by atoms with Crippen molar-refractivity contribution >= 4 is 17.3 Å². The molecule has 2 rings (SSSR count). The predicted octanol–water partition coefficient (Wildman–Crippen LogP) is 3.80. The molecule has 1 aliphatic rings. The fraction of sp³-hybridized carbons (Fsp3) is 0.571. The van der Waals surface area contributed by atoms with Crippen molar-refractivity contribution in [2.75, 3.05) is 11.9 Å². The van der Waals surface area contributed by atoms with Crippen LogP contribution in [0.25, 0.3) is 0 Å². The minimum atomic E-state index is -0.277. The molecule has 18 heavy (non-hydrogen) atoms. The minimum Gasteiger partial charge on any atom is -0.379 e. The summed E-state index contributed by atoms with van der Waals surface area (Å²) in [6, 6.07) is 4.57. The lowest BCUT2D eigenvalue weighted by Crippen LogP contribution is -2.37. The molecule has 1 saturated carbocycles. The molecule has 0 saturated heterocycles. The van der Waals surface area contributed by atoms with Gasteiger partial charge in [-0.2, -0.15) is 0 Å². The van der Waals surface area contributed by atoms with E-state index in [9.17, 15) is 4.39 Å². The molecule has 1 fully saturated rings. The predicted molar refractivity (Wildman–Crippen MR) is 74.5 cm³/mol. The first-order valence-corrected chi connectivity index (χ1v) is 7.00. The summed E-state index contributed by atoms with van der Waals surface area (Å²) in [5, 5.41) is 3.86. The molecule has 0 heterocycles. The first-order chi connectivity index (χ1) is 8.70. The van der Waals surface area contributed by atoms with Crippen LogP contribution < -0.4 is 11.1 Å². The number of halogens is 2. The maximum absolute atomic E-state index is 13.2. The second-order valence-corrected chi connectivity index (χ2v) is 5.42. The second kappa shape index (κ2) is 6.39. The van der Waals surface area contributed by atoms with Crippen molar-refractivity contribution in [3.8, 4) is 0 Å². The van der Waals surface area contributed by atoms with Gasteiger partial charge in [-0.15, -0.1) is 0 Å². The maximum atomic E-state index is 13.2. The Bertz CT molecular complexity index is 391. The van der Waals surface area contributed by atoms with Crippen LogP contribution >= 0.6 is 11.6 Å². The zero-order chi connectivity index (χ0) is 13.0. The molecular formula is C14H20ClFN2. The van der Waals surface area contributed by atoms with Crippen LogP contribution in [-0.4, -0.2) is 12.6 Å². The Balaban J connectivity index is 2.06. The fourth-order valence-corrected chi connectivity index (χ4v) is 2.89. The van der Waals surface area contributed by atoms with E-state index in [1.165, 1.54) is 44.2 Å². The highest BCUT2D eigenvalue weighted by Gasteiger charge is 2.23. The molecule has 2 nitrogen and oxygen atoms in total. The number of hydrogen-bond donors (Lipinski definition) is 2. The van der Waals surface area contributed by atoms with Crippen LogP contribution in [0.1, 0.15) is 32.1 Å². The molecule has 0 amide bonds. The molecular weight excluding hydrogens is 251 g/mol. The van der Waals surface area contributed by atoms with Gasteiger partial charge in [-0.05, 0) is 37.0 Å². The van der Waals surface area contributed by atoms with E-state index in [1.807, 2.05) is 0 Å². The summed E-state index contributed by atoms with van der Waals surface area (Å²) in [6.07, 6.45) is 6.23. The summed E-state index contributed by atoms with van der Waals surface area (Å²) in [5.74, 6) is 0.296. The van der Waals surface area contributed by atoms with Crippen molar-refractivity contribution in [3.05, 3.63) is 29.0 Å². The van der Waals surface area contributed by atoms with Gasteiger partial charge in [0, 0.05) is 12.6 Å². The number of rotatable bonds is 4. The fourth-order valence-electron chi connectivity index (χ4n) is 2.71. The Morgan fingerprint density at radius 2 is 2.06 bits per heavy atom. The summed E-state index contributed by atoms with van der Waals surface area (Å²) >= 11 is 6.07. The second-order valence-electron chi connectivity index (χ2n) is 5.01. The van der Waals surface area contributed by atoms with Crippen molar-refractivity contribution in [1.82, 2.24) is 0 Å². The Morgan fingerprint density at radius 3 is 2.72 bits per heavy atom. The molecule has 1 aromatic rings. The van der Waals surface area contributed by atoms with Crippen molar-refractivity contribution in [2.45, 2.75) is 38.1 Å². The average Bonchev–Trinajstić information content (AvgIpc) is 2.41. The van der Waals surface area contributed by atoms with Gasteiger partial charge in [-0.1, -0.05) is 30.9 Å². The monoisotopic (exact) mass is 270 g/mol. The van der Waals surface area contributed by atoms with Crippen LogP contribution in [0, 0.1) is 11.7 Å². The normalized spacial score (nSPS) is 18.6. The van der Waals surface area contributed by atoms with E-state index in [4.69, 9.17) is 17.3 Å². The van der Waals surface area contributed by atoms with Gasteiger partial charge < -0.3 is 11.1 Å². The molecule has 0 bridgehead atoms. The van der Waals surface area contributed by atoms with Gasteiger partial charge in [0.05, 0.1) is 10.7 Å². The van der Waals surface area contributed by atoms with Crippen LogP contribution in [-0.2, 0) is 0 Å². The van der Waals surface area contributed by atoms with Crippen LogP contribution in [0.15, 0.2) is 18.2 Å². The van der Waals surface area contributed by atoms with E-state index in [2.05, 4.69) is 5.32 Å². The quantitative estimate of drug-likeness (QED) is 0.873. The Morgan fingerprint density at radius 1 is 1.33 bits per heavy atom. The number of anilines is 1. The first kappa shape index (κ1) is 13.6. The number of benzene rings is 1. The molecule has 4 heteroatoms. The highest BCUT2D eigenvalue weighted by Crippen LogP contribution is 2.30. The van der Waals surface area contributed by atoms with Crippen molar-refractivity contribution < 1.29 is 4.39 Å². The van der Waals surface area contributed by atoms with Gasteiger partial charge in [0.15, 0.2) is 0 Å². The number of hydrogen-bond acceptors (Lipinski definition) is 2. The molecule has 0 aromatic heterocycles. The van der Waals surface area contributed by atoms with Crippen LogP contribution in [0.2, 0.25) is 5.02 Å². The van der Waals surface area contributed by atoms with Gasteiger partial charge in [-0.3, -0.25) is 0 Å². The smallest absolute Gasteiger partial charge is 0.125 e.